The minimum Gasteiger partial charge on any atom is -0.380 e. The van der Waals surface area contributed by atoms with Gasteiger partial charge in [0.1, 0.15) is 11.6 Å². The molecule has 1 amide bonds. The maximum atomic E-state index is 13.7. The Balaban J connectivity index is 1.54. The van der Waals surface area contributed by atoms with E-state index in [1.54, 1.807) is 41.3 Å². The highest BCUT2D eigenvalue weighted by atomic mass is 32.2. The quantitative estimate of drug-likeness (QED) is 0.431. The van der Waals surface area contributed by atoms with Crippen LogP contribution in [0.1, 0.15) is 28.4 Å². The molecule has 0 atom stereocenters. The highest BCUT2D eigenvalue weighted by molar-refractivity contribution is 7.92. The second-order valence-corrected chi connectivity index (χ2v) is 11.2. The summed E-state index contributed by atoms with van der Waals surface area (Å²) in [5, 5.41) is 5.71. The van der Waals surface area contributed by atoms with Crippen LogP contribution in [0.4, 0.5) is 36.2 Å². The molecule has 38 heavy (non-hydrogen) atoms. The summed E-state index contributed by atoms with van der Waals surface area (Å²) < 4.78 is 66.0. The zero-order valence-corrected chi connectivity index (χ0v) is 21.8. The monoisotopic (exact) mass is 548 g/mol. The number of sulfonamides is 1. The van der Waals surface area contributed by atoms with Gasteiger partial charge in [-0.3, -0.25) is 9.10 Å². The van der Waals surface area contributed by atoms with Gasteiger partial charge < -0.3 is 15.5 Å². The molecule has 2 aromatic heterocycles. The van der Waals surface area contributed by atoms with Crippen LogP contribution in [0.15, 0.2) is 54.9 Å². The molecule has 0 aliphatic carbocycles. The topological polar surface area (TPSA) is 108 Å². The molecule has 202 valence electrons. The first-order chi connectivity index (χ1) is 17.8. The van der Waals surface area contributed by atoms with Crippen molar-refractivity contribution < 1.29 is 26.4 Å². The fourth-order valence-corrected chi connectivity index (χ4v) is 4.47. The number of carbonyl (C=O) groups excluding carboxylic acids is 1. The maximum absolute atomic E-state index is 13.7. The number of benzene rings is 1. The zero-order chi connectivity index (χ0) is 27.7. The predicted molar refractivity (Wildman–Crippen MR) is 139 cm³/mol. The first-order valence-electron chi connectivity index (χ1n) is 11.7. The van der Waals surface area contributed by atoms with E-state index in [4.69, 9.17) is 0 Å². The summed E-state index contributed by atoms with van der Waals surface area (Å²) in [7, 11) is -2.31. The number of rotatable bonds is 8. The first-order valence-corrected chi connectivity index (χ1v) is 13.5. The molecule has 0 saturated carbocycles. The van der Waals surface area contributed by atoms with Gasteiger partial charge in [-0.25, -0.2) is 18.4 Å². The largest absolute Gasteiger partial charge is 0.419 e. The minimum atomic E-state index is -4.68. The van der Waals surface area contributed by atoms with Gasteiger partial charge in [-0.05, 0) is 36.2 Å². The SMILES string of the molecule is CC1CN(C(=O)c2ccc(Nc3cc(NCc4cccnc4N(C)S(C)(=O)=O)c(C(F)(F)F)cn3)cc2)C1. The highest BCUT2D eigenvalue weighted by Gasteiger charge is 2.34. The number of carbonyl (C=O) groups is 1. The van der Waals surface area contributed by atoms with Crippen molar-refractivity contribution in [3.8, 4) is 0 Å². The molecule has 1 saturated heterocycles. The number of hydrogen-bond acceptors (Lipinski definition) is 7. The summed E-state index contributed by atoms with van der Waals surface area (Å²) in [6.45, 7) is 3.38. The van der Waals surface area contributed by atoms with Crippen LogP contribution in [0, 0.1) is 5.92 Å². The lowest BCUT2D eigenvalue weighted by molar-refractivity contribution is -0.137. The molecule has 0 bridgehead atoms. The van der Waals surface area contributed by atoms with Gasteiger partial charge in [-0.15, -0.1) is 0 Å². The molecule has 4 rings (SSSR count). The Hall–Kier alpha value is -3.87. The third kappa shape index (κ3) is 6.15. The third-order valence-electron chi connectivity index (χ3n) is 6.10. The van der Waals surface area contributed by atoms with E-state index in [2.05, 4.69) is 27.5 Å². The van der Waals surface area contributed by atoms with Gasteiger partial charge in [0.25, 0.3) is 5.91 Å². The standard InChI is InChI=1S/C25H27F3N6O3S/c1-16-14-34(15-16)24(35)17-6-8-19(9-7-17)32-22-11-21(20(13-31-22)25(26,27)28)30-12-18-5-4-10-29-23(18)33(2)38(3,36)37/h4-11,13,16H,12,14-15H2,1-3H3,(H2,30,31,32). The summed E-state index contributed by atoms with van der Waals surface area (Å²) >= 11 is 0. The fraction of sp³-hybridized carbons (Fsp3) is 0.320. The van der Waals surface area contributed by atoms with Crippen LogP contribution in [-0.2, 0) is 22.7 Å². The second-order valence-electron chi connectivity index (χ2n) is 9.20. The number of pyridine rings is 2. The number of nitrogens with one attached hydrogen (secondary N) is 2. The van der Waals surface area contributed by atoms with Crippen LogP contribution < -0.4 is 14.9 Å². The minimum absolute atomic E-state index is 0.0647. The molecular weight excluding hydrogens is 521 g/mol. The fourth-order valence-electron chi connectivity index (χ4n) is 3.99. The average Bonchev–Trinajstić information content (AvgIpc) is 2.84. The van der Waals surface area contributed by atoms with Gasteiger partial charge in [0.15, 0.2) is 0 Å². The van der Waals surface area contributed by atoms with Crippen molar-refractivity contribution in [2.75, 3.05) is 41.3 Å². The number of alkyl halides is 3. The van der Waals surface area contributed by atoms with Crippen molar-refractivity contribution in [3.63, 3.8) is 0 Å². The molecule has 0 spiro atoms. The molecule has 1 fully saturated rings. The summed E-state index contributed by atoms with van der Waals surface area (Å²) in [6.07, 6.45) is -1.54. The number of aromatic nitrogens is 2. The smallest absolute Gasteiger partial charge is 0.380 e. The van der Waals surface area contributed by atoms with Gasteiger partial charge in [0.05, 0.1) is 17.5 Å². The molecule has 1 aliphatic heterocycles. The molecule has 1 aromatic carbocycles. The van der Waals surface area contributed by atoms with Crippen molar-refractivity contribution in [1.29, 1.82) is 0 Å². The molecular formula is C25H27F3N6O3S. The number of nitrogens with zero attached hydrogens (tertiary/aromatic N) is 4. The van der Waals surface area contributed by atoms with E-state index in [-0.39, 0.29) is 29.8 Å². The number of anilines is 4. The van der Waals surface area contributed by atoms with Gasteiger partial charge in [-0.1, -0.05) is 13.0 Å². The summed E-state index contributed by atoms with van der Waals surface area (Å²) in [4.78, 5) is 22.2. The normalized spacial score (nSPS) is 14.1. The third-order valence-corrected chi connectivity index (χ3v) is 7.27. The van der Waals surface area contributed by atoms with Crippen LogP contribution in [0.25, 0.3) is 0 Å². The van der Waals surface area contributed by atoms with Gasteiger partial charge in [-0.2, -0.15) is 13.2 Å². The molecule has 0 unspecified atom stereocenters. The first kappa shape index (κ1) is 27.2. The summed E-state index contributed by atoms with van der Waals surface area (Å²) in [6, 6.07) is 11.0. The molecule has 3 aromatic rings. The van der Waals surface area contributed by atoms with Crippen molar-refractivity contribution in [2.45, 2.75) is 19.6 Å². The lowest BCUT2D eigenvalue weighted by atomic mass is 10.0. The second kappa shape index (κ2) is 10.5. The lowest BCUT2D eigenvalue weighted by Gasteiger charge is -2.37. The van der Waals surface area contributed by atoms with Crippen LogP contribution in [0.5, 0.6) is 0 Å². The lowest BCUT2D eigenvalue weighted by Crippen LogP contribution is -2.48. The number of amides is 1. The summed E-state index contributed by atoms with van der Waals surface area (Å²) in [5.74, 6) is 0.672. The Labute approximate surface area is 218 Å². The van der Waals surface area contributed by atoms with Crippen molar-refractivity contribution in [3.05, 3.63) is 71.5 Å². The Morgan fingerprint density at radius 2 is 1.84 bits per heavy atom. The zero-order valence-electron chi connectivity index (χ0n) is 21.0. The number of halogens is 3. The van der Waals surface area contributed by atoms with Crippen LogP contribution >= 0.6 is 0 Å². The van der Waals surface area contributed by atoms with Gasteiger partial charge in [0.2, 0.25) is 10.0 Å². The molecule has 3 heterocycles. The van der Waals surface area contributed by atoms with E-state index in [0.717, 1.165) is 29.8 Å². The Bertz CT molecular complexity index is 1430. The Kier molecular flexibility index (Phi) is 7.49. The molecule has 1 aliphatic rings. The predicted octanol–water partition coefficient (Wildman–Crippen LogP) is 4.34. The van der Waals surface area contributed by atoms with Crippen molar-refractivity contribution in [2.24, 2.45) is 5.92 Å². The van der Waals surface area contributed by atoms with E-state index in [0.29, 0.717) is 22.7 Å². The van der Waals surface area contributed by atoms with E-state index in [1.165, 1.54) is 19.3 Å². The summed E-state index contributed by atoms with van der Waals surface area (Å²) in [5.41, 5.74) is 0.231. The molecule has 13 heteroatoms. The Morgan fingerprint density at radius 3 is 2.45 bits per heavy atom. The van der Waals surface area contributed by atoms with Gasteiger partial charge >= 0.3 is 6.18 Å². The Morgan fingerprint density at radius 1 is 1.16 bits per heavy atom. The van der Waals surface area contributed by atoms with Crippen molar-refractivity contribution in [1.82, 2.24) is 14.9 Å². The van der Waals surface area contributed by atoms with E-state index < -0.39 is 21.8 Å². The maximum Gasteiger partial charge on any atom is 0.419 e. The van der Waals surface area contributed by atoms with Crippen molar-refractivity contribution >= 4 is 38.9 Å². The van der Waals surface area contributed by atoms with E-state index in [9.17, 15) is 26.4 Å². The van der Waals surface area contributed by atoms with Crippen LogP contribution in [0.3, 0.4) is 0 Å². The van der Waals surface area contributed by atoms with Gasteiger partial charge in [0, 0.05) is 62.0 Å². The van der Waals surface area contributed by atoms with E-state index >= 15 is 0 Å². The van der Waals surface area contributed by atoms with E-state index in [1.807, 2.05) is 0 Å². The number of hydrogen-bond donors (Lipinski definition) is 2. The van der Waals surface area contributed by atoms with Crippen LogP contribution in [0.2, 0.25) is 0 Å². The highest BCUT2D eigenvalue weighted by Crippen LogP contribution is 2.36. The van der Waals surface area contributed by atoms with Crippen LogP contribution in [-0.4, -0.2) is 55.6 Å². The molecule has 9 nitrogen and oxygen atoms in total. The molecule has 0 radical (unpaired) electrons. The number of likely N-dealkylation sites (tertiary alicyclic amines) is 1. The molecule has 2 N–H and O–H groups in total. The average molecular weight is 549 g/mol.